The smallest absolute Gasteiger partial charge is 0.223 e. The monoisotopic (exact) mass is 429 g/mol. The first kappa shape index (κ1) is 12.5. The number of nitrogens with zero attached hydrogens (tertiary/aromatic N) is 2. The number of aliphatic imine (C=N–C) groups is 2. The van der Waals surface area contributed by atoms with Crippen LogP contribution >= 0.6 is 45.2 Å². The lowest BCUT2D eigenvalue weighted by Gasteiger charge is -1.99. The number of hydrogen-bond donors (Lipinski definition) is 3. The van der Waals surface area contributed by atoms with Gasteiger partial charge in [0.25, 0.3) is 0 Å². The lowest BCUT2D eigenvalue weighted by atomic mass is 10.3. The second kappa shape index (κ2) is 5.49. The molecule has 0 radical (unpaired) electrons. The summed E-state index contributed by atoms with van der Waals surface area (Å²) in [5.41, 5.74) is 16.6. The van der Waals surface area contributed by atoms with Crippen LogP contribution in [0.25, 0.3) is 0 Å². The van der Waals surface area contributed by atoms with E-state index in [9.17, 15) is 0 Å². The van der Waals surface area contributed by atoms with Crippen LogP contribution in [0.5, 0.6) is 0 Å². The molecule has 7 heteroatoms. The van der Waals surface area contributed by atoms with E-state index < -0.39 is 0 Å². The number of hydrogen-bond acceptors (Lipinski definition) is 1. The third-order valence-electron chi connectivity index (χ3n) is 1.39. The fraction of sp³-hybridized carbons (Fsp3) is 0. The van der Waals surface area contributed by atoms with E-state index in [4.69, 9.17) is 17.2 Å². The van der Waals surface area contributed by atoms with E-state index >= 15 is 0 Å². The van der Waals surface area contributed by atoms with Gasteiger partial charge in [-0.1, -0.05) is 0 Å². The molecule has 15 heavy (non-hydrogen) atoms. The lowest BCUT2D eigenvalue weighted by molar-refractivity contribution is 1.37. The van der Waals surface area contributed by atoms with Crippen molar-refractivity contribution in [3.8, 4) is 0 Å². The summed E-state index contributed by atoms with van der Waals surface area (Å²) >= 11 is 4.40. The van der Waals surface area contributed by atoms with E-state index in [1.807, 2.05) is 18.2 Å². The molecule has 0 aromatic heterocycles. The average Bonchev–Trinajstić information content (AvgIpc) is 2.08. The zero-order chi connectivity index (χ0) is 11.4. The van der Waals surface area contributed by atoms with Crippen molar-refractivity contribution in [2.45, 2.75) is 0 Å². The van der Waals surface area contributed by atoms with Gasteiger partial charge in [0.1, 0.15) is 0 Å². The summed E-state index contributed by atoms with van der Waals surface area (Å²) in [5.74, 6) is -0.0501. The summed E-state index contributed by atoms with van der Waals surface area (Å²) in [6.45, 7) is 0. The molecular weight excluding hydrogens is 420 g/mol. The summed E-state index contributed by atoms with van der Waals surface area (Å²) in [4.78, 5) is 7.71. The van der Waals surface area contributed by atoms with Crippen molar-refractivity contribution in [1.29, 1.82) is 0 Å². The molecule has 0 bridgehead atoms. The Balaban J connectivity index is 3.03. The van der Waals surface area contributed by atoms with E-state index in [0.29, 0.717) is 0 Å². The van der Waals surface area contributed by atoms with Crippen molar-refractivity contribution in [2.24, 2.45) is 27.2 Å². The van der Waals surface area contributed by atoms with Gasteiger partial charge in [0, 0.05) is 7.14 Å². The molecule has 80 valence electrons. The van der Waals surface area contributed by atoms with Crippen LogP contribution in [0, 0.1) is 7.14 Å². The van der Waals surface area contributed by atoms with Crippen LogP contribution in [0.2, 0.25) is 0 Å². The minimum absolute atomic E-state index is 0.0501. The van der Waals surface area contributed by atoms with Crippen molar-refractivity contribution in [2.75, 3.05) is 0 Å². The quantitative estimate of drug-likeness (QED) is 0.354. The standard InChI is InChI=1S/C8H9I2N5/c9-4-1-2-6(5(10)3-4)14-8(13)15-7(11)12/h1-3H,(H6,11,12,13,14,15). The predicted octanol–water partition coefficient (Wildman–Crippen LogP) is 1.12. The number of halogens is 2. The largest absolute Gasteiger partial charge is 0.370 e. The summed E-state index contributed by atoms with van der Waals surface area (Å²) in [7, 11) is 0. The maximum Gasteiger partial charge on any atom is 0.223 e. The van der Waals surface area contributed by atoms with Crippen LogP contribution < -0.4 is 17.2 Å². The first-order valence-corrected chi connectivity index (χ1v) is 6.03. The van der Waals surface area contributed by atoms with Gasteiger partial charge in [-0.25, -0.2) is 4.99 Å². The van der Waals surface area contributed by atoms with Crippen LogP contribution in [0.15, 0.2) is 28.2 Å². The van der Waals surface area contributed by atoms with Crippen molar-refractivity contribution in [1.82, 2.24) is 0 Å². The Hall–Kier alpha value is -0.580. The molecule has 0 spiro atoms. The van der Waals surface area contributed by atoms with Crippen LogP contribution in [0.3, 0.4) is 0 Å². The van der Waals surface area contributed by atoms with Gasteiger partial charge in [0.05, 0.1) is 5.69 Å². The van der Waals surface area contributed by atoms with Gasteiger partial charge < -0.3 is 17.2 Å². The summed E-state index contributed by atoms with van der Waals surface area (Å²) in [6.07, 6.45) is 0. The molecule has 1 aromatic rings. The summed E-state index contributed by atoms with van der Waals surface area (Å²) in [6, 6.07) is 5.78. The molecule has 0 unspecified atom stereocenters. The molecule has 0 saturated heterocycles. The maximum atomic E-state index is 5.51. The fourth-order valence-electron chi connectivity index (χ4n) is 0.853. The van der Waals surface area contributed by atoms with Crippen molar-refractivity contribution >= 4 is 62.8 Å². The molecule has 0 saturated carbocycles. The van der Waals surface area contributed by atoms with Gasteiger partial charge in [0.15, 0.2) is 5.96 Å². The average molecular weight is 429 g/mol. The molecule has 1 rings (SSSR count). The van der Waals surface area contributed by atoms with E-state index in [0.717, 1.165) is 12.8 Å². The highest BCUT2D eigenvalue weighted by molar-refractivity contribution is 14.1. The normalized spacial score (nSPS) is 11.2. The lowest BCUT2D eigenvalue weighted by Crippen LogP contribution is -2.26. The number of benzene rings is 1. The van der Waals surface area contributed by atoms with Crippen molar-refractivity contribution in [3.05, 3.63) is 25.3 Å². The van der Waals surface area contributed by atoms with Gasteiger partial charge in [-0.3, -0.25) is 0 Å². The molecule has 5 nitrogen and oxygen atoms in total. The Bertz CT molecular complexity index is 423. The SMILES string of the molecule is NC(N)=NC(N)=Nc1ccc(I)cc1I. The van der Waals surface area contributed by atoms with E-state index in [1.165, 1.54) is 0 Å². The Morgan fingerprint density at radius 2 is 1.80 bits per heavy atom. The van der Waals surface area contributed by atoms with Gasteiger partial charge in [-0.2, -0.15) is 4.99 Å². The van der Waals surface area contributed by atoms with Crippen LogP contribution in [0.4, 0.5) is 5.69 Å². The van der Waals surface area contributed by atoms with E-state index in [1.54, 1.807) is 0 Å². The maximum absolute atomic E-state index is 5.51. The molecule has 0 fully saturated rings. The molecule has 0 atom stereocenters. The molecular formula is C8H9I2N5. The highest BCUT2D eigenvalue weighted by Gasteiger charge is 1.99. The van der Waals surface area contributed by atoms with E-state index in [2.05, 4.69) is 55.2 Å². The third kappa shape index (κ3) is 4.20. The predicted molar refractivity (Wildman–Crippen MR) is 79.0 cm³/mol. The highest BCUT2D eigenvalue weighted by Crippen LogP contribution is 2.23. The zero-order valence-electron chi connectivity index (χ0n) is 7.61. The zero-order valence-corrected chi connectivity index (χ0v) is 11.9. The van der Waals surface area contributed by atoms with Crippen LogP contribution in [0.1, 0.15) is 0 Å². The van der Waals surface area contributed by atoms with Crippen LogP contribution in [-0.4, -0.2) is 11.9 Å². The Labute approximate surface area is 114 Å². The van der Waals surface area contributed by atoms with Gasteiger partial charge in [-0.15, -0.1) is 0 Å². The second-order valence-corrected chi connectivity index (χ2v) is 5.01. The fourth-order valence-corrected chi connectivity index (χ4v) is 2.58. The molecule has 0 aliphatic heterocycles. The molecule has 1 aromatic carbocycles. The third-order valence-corrected chi connectivity index (χ3v) is 2.92. The Morgan fingerprint density at radius 3 is 2.33 bits per heavy atom. The molecule has 0 amide bonds. The second-order valence-electron chi connectivity index (χ2n) is 2.60. The summed E-state index contributed by atoms with van der Waals surface area (Å²) < 4.78 is 2.13. The first-order valence-electron chi connectivity index (χ1n) is 3.88. The molecule has 6 N–H and O–H groups in total. The highest BCUT2D eigenvalue weighted by atomic mass is 127. The number of guanidine groups is 2. The van der Waals surface area contributed by atoms with E-state index in [-0.39, 0.29) is 11.9 Å². The Morgan fingerprint density at radius 1 is 1.13 bits per heavy atom. The topological polar surface area (TPSA) is 103 Å². The Kier molecular flexibility index (Phi) is 4.57. The van der Waals surface area contributed by atoms with Crippen molar-refractivity contribution in [3.63, 3.8) is 0 Å². The molecule has 0 aliphatic carbocycles. The van der Waals surface area contributed by atoms with Gasteiger partial charge in [0.2, 0.25) is 5.96 Å². The van der Waals surface area contributed by atoms with Crippen molar-refractivity contribution < 1.29 is 0 Å². The molecule has 0 aliphatic rings. The minimum atomic E-state index is -0.100. The van der Waals surface area contributed by atoms with Gasteiger partial charge in [-0.05, 0) is 63.4 Å². The van der Waals surface area contributed by atoms with Gasteiger partial charge >= 0.3 is 0 Å². The first-order chi connectivity index (χ1) is 6.99. The molecule has 0 heterocycles. The minimum Gasteiger partial charge on any atom is -0.370 e. The number of nitrogens with two attached hydrogens (primary N) is 3. The summed E-state index contributed by atoms with van der Waals surface area (Å²) in [5, 5.41) is 0. The van der Waals surface area contributed by atoms with Crippen LogP contribution in [-0.2, 0) is 0 Å². The number of rotatable bonds is 1.